The van der Waals surface area contributed by atoms with Gasteiger partial charge in [0.25, 0.3) is 0 Å². The van der Waals surface area contributed by atoms with Crippen LogP contribution in [0.3, 0.4) is 0 Å². The number of rotatable bonds is 7. The van der Waals surface area contributed by atoms with Crippen LogP contribution < -0.4 is 16.4 Å². The molecule has 0 bridgehead atoms. The van der Waals surface area contributed by atoms with Crippen molar-refractivity contribution in [1.82, 2.24) is 19.9 Å². The Bertz CT molecular complexity index is 565. The van der Waals surface area contributed by atoms with Gasteiger partial charge in [0.1, 0.15) is 5.52 Å². The van der Waals surface area contributed by atoms with E-state index >= 15 is 0 Å². The van der Waals surface area contributed by atoms with Crippen molar-refractivity contribution in [3.05, 3.63) is 6.33 Å². The molecule has 1 amide bonds. The number of H-pyrrole nitrogens is 1. The highest BCUT2D eigenvalue weighted by Crippen LogP contribution is 2.18. The number of carbonyl (C=O) groups excluding carboxylic acids is 1. The zero-order valence-electron chi connectivity index (χ0n) is 10.7. The number of nitrogens with one attached hydrogen (secondary N) is 3. The first-order valence-corrected chi connectivity index (χ1v) is 6.18. The molecule has 8 heteroatoms. The maximum absolute atomic E-state index is 10.7. The highest BCUT2D eigenvalue weighted by molar-refractivity contribution is 5.83. The lowest BCUT2D eigenvalue weighted by Gasteiger charge is -2.08. The summed E-state index contributed by atoms with van der Waals surface area (Å²) in [4.78, 5) is 26.4. The topological polar surface area (TPSA) is 122 Å². The fraction of sp³-hybridized carbons (Fsp3) is 0.455. The fourth-order valence-electron chi connectivity index (χ4n) is 1.67. The van der Waals surface area contributed by atoms with E-state index < -0.39 is 0 Å². The van der Waals surface area contributed by atoms with Gasteiger partial charge in [-0.25, -0.2) is 4.98 Å². The molecule has 19 heavy (non-hydrogen) atoms. The Morgan fingerprint density at radius 2 is 2.26 bits per heavy atom. The average molecular weight is 263 g/mol. The van der Waals surface area contributed by atoms with Crippen LogP contribution in [0, 0.1) is 0 Å². The Morgan fingerprint density at radius 3 is 3.00 bits per heavy atom. The summed E-state index contributed by atoms with van der Waals surface area (Å²) in [7, 11) is 0. The molecule has 102 valence electrons. The van der Waals surface area contributed by atoms with E-state index in [1.807, 2.05) is 6.92 Å². The summed E-state index contributed by atoms with van der Waals surface area (Å²) in [6.45, 7) is 3.31. The molecule has 2 aromatic heterocycles. The lowest BCUT2D eigenvalue weighted by molar-refractivity contribution is -0.118. The Morgan fingerprint density at radius 1 is 1.42 bits per heavy atom. The molecule has 0 spiro atoms. The van der Waals surface area contributed by atoms with Crippen molar-refractivity contribution < 1.29 is 4.79 Å². The number of hydrogen-bond donors (Lipinski definition) is 4. The zero-order chi connectivity index (χ0) is 13.7. The van der Waals surface area contributed by atoms with Gasteiger partial charge in [-0.15, -0.1) is 0 Å². The summed E-state index contributed by atoms with van der Waals surface area (Å²) in [5, 5.41) is 6.21. The molecule has 0 atom stereocenters. The molecule has 0 radical (unpaired) electrons. The number of hydrogen-bond acceptors (Lipinski definition) is 6. The zero-order valence-corrected chi connectivity index (χ0v) is 10.7. The van der Waals surface area contributed by atoms with Crippen molar-refractivity contribution in [2.75, 3.05) is 23.7 Å². The van der Waals surface area contributed by atoms with E-state index in [1.165, 1.54) is 0 Å². The maximum atomic E-state index is 10.7. The van der Waals surface area contributed by atoms with E-state index in [-0.39, 0.29) is 5.91 Å². The summed E-state index contributed by atoms with van der Waals surface area (Å²) in [5.74, 6) is 0.895. The smallest absolute Gasteiger partial charge is 0.226 e. The molecule has 8 nitrogen and oxygen atoms in total. The molecular formula is C11H17N7O. The monoisotopic (exact) mass is 263 g/mol. The van der Waals surface area contributed by atoms with E-state index in [4.69, 9.17) is 5.73 Å². The molecule has 0 fully saturated rings. The van der Waals surface area contributed by atoms with E-state index in [0.29, 0.717) is 36.8 Å². The van der Waals surface area contributed by atoms with Gasteiger partial charge in [0.2, 0.25) is 11.9 Å². The summed E-state index contributed by atoms with van der Waals surface area (Å²) in [6.07, 6.45) is 2.58. The van der Waals surface area contributed by atoms with Gasteiger partial charge in [-0.3, -0.25) is 4.79 Å². The molecule has 0 saturated heterocycles. The second-order valence-electron chi connectivity index (χ2n) is 4.02. The van der Waals surface area contributed by atoms with Crippen LogP contribution in [0.25, 0.3) is 11.2 Å². The number of carbonyl (C=O) groups is 1. The molecule has 2 aromatic rings. The Hall–Kier alpha value is -2.38. The van der Waals surface area contributed by atoms with E-state index in [2.05, 4.69) is 30.6 Å². The van der Waals surface area contributed by atoms with Crippen molar-refractivity contribution >= 4 is 28.8 Å². The van der Waals surface area contributed by atoms with Gasteiger partial charge >= 0.3 is 0 Å². The van der Waals surface area contributed by atoms with Crippen LogP contribution >= 0.6 is 0 Å². The normalized spacial score (nSPS) is 10.6. The van der Waals surface area contributed by atoms with E-state index in [1.54, 1.807) is 6.33 Å². The first kappa shape index (κ1) is 13.1. The summed E-state index contributed by atoms with van der Waals surface area (Å²) < 4.78 is 0. The second kappa shape index (κ2) is 5.98. The minimum absolute atomic E-state index is 0.301. The molecule has 2 rings (SSSR count). The maximum Gasteiger partial charge on any atom is 0.226 e. The van der Waals surface area contributed by atoms with Gasteiger partial charge in [-0.1, -0.05) is 0 Å². The number of aromatic nitrogens is 4. The number of anilines is 2. The second-order valence-corrected chi connectivity index (χ2v) is 4.02. The van der Waals surface area contributed by atoms with Crippen LogP contribution in [-0.2, 0) is 4.79 Å². The number of imidazole rings is 1. The van der Waals surface area contributed by atoms with Crippen molar-refractivity contribution in [3.8, 4) is 0 Å². The number of nitrogens with two attached hydrogens (primary N) is 1. The molecule has 0 saturated carbocycles. The molecule has 0 aliphatic carbocycles. The van der Waals surface area contributed by atoms with Crippen LogP contribution in [-0.4, -0.2) is 38.9 Å². The van der Waals surface area contributed by atoms with Gasteiger partial charge in [0.05, 0.1) is 6.33 Å². The fourth-order valence-corrected chi connectivity index (χ4v) is 1.67. The first-order valence-electron chi connectivity index (χ1n) is 6.18. The number of amides is 1. The highest BCUT2D eigenvalue weighted by Gasteiger charge is 2.09. The van der Waals surface area contributed by atoms with Gasteiger partial charge < -0.3 is 21.4 Å². The van der Waals surface area contributed by atoms with Crippen LogP contribution in [0.1, 0.15) is 19.8 Å². The Labute approximate surface area is 110 Å². The molecule has 2 heterocycles. The molecule has 0 aromatic carbocycles. The van der Waals surface area contributed by atoms with Gasteiger partial charge in [-0.05, 0) is 13.3 Å². The van der Waals surface area contributed by atoms with E-state index in [0.717, 1.165) is 12.1 Å². The lowest BCUT2D eigenvalue weighted by Crippen LogP contribution is -2.13. The van der Waals surface area contributed by atoms with Crippen molar-refractivity contribution in [3.63, 3.8) is 0 Å². The first-order chi connectivity index (χ1) is 9.20. The Kier molecular flexibility index (Phi) is 4.11. The third-order valence-corrected chi connectivity index (χ3v) is 2.51. The van der Waals surface area contributed by atoms with Crippen molar-refractivity contribution in [2.24, 2.45) is 5.73 Å². The highest BCUT2D eigenvalue weighted by atomic mass is 16.1. The van der Waals surface area contributed by atoms with Gasteiger partial charge in [0, 0.05) is 19.5 Å². The standard InChI is InChI=1S/C11H17N7O/c1-2-13-11-17-9(14-5-3-4-7(12)19)8-10(18-11)16-6-15-8/h6H,2-5H2,1H3,(H2,12,19)(H3,13,14,15,16,17,18). The van der Waals surface area contributed by atoms with Gasteiger partial charge in [0.15, 0.2) is 11.5 Å². The number of fused-ring (bicyclic) bond motifs is 1. The lowest BCUT2D eigenvalue weighted by atomic mass is 10.3. The molecule has 0 aliphatic heterocycles. The van der Waals surface area contributed by atoms with Crippen LogP contribution in [0.5, 0.6) is 0 Å². The predicted molar refractivity (Wildman–Crippen MR) is 72.8 cm³/mol. The third-order valence-electron chi connectivity index (χ3n) is 2.51. The molecule has 5 N–H and O–H groups in total. The number of aromatic amines is 1. The van der Waals surface area contributed by atoms with Crippen LogP contribution in [0.15, 0.2) is 6.33 Å². The summed E-state index contributed by atoms with van der Waals surface area (Å²) in [5.41, 5.74) is 6.44. The molecule has 0 unspecified atom stereocenters. The quantitative estimate of drug-likeness (QED) is 0.538. The van der Waals surface area contributed by atoms with E-state index in [9.17, 15) is 4.79 Å². The molecular weight excluding hydrogens is 246 g/mol. The minimum atomic E-state index is -0.301. The van der Waals surface area contributed by atoms with Crippen LogP contribution in [0.4, 0.5) is 11.8 Å². The summed E-state index contributed by atoms with van der Waals surface area (Å²) in [6, 6.07) is 0. The Balaban J connectivity index is 2.11. The van der Waals surface area contributed by atoms with Gasteiger partial charge in [-0.2, -0.15) is 9.97 Å². The minimum Gasteiger partial charge on any atom is -0.370 e. The number of nitrogens with zero attached hydrogens (tertiary/aromatic N) is 3. The average Bonchev–Trinajstić information content (AvgIpc) is 2.83. The molecule has 0 aliphatic rings. The summed E-state index contributed by atoms with van der Waals surface area (Å²) >= 11 is 0. The van der Waals surface area contributed by atoms with Crippen LogP contribution in [0.2, 0.25) is 0 Å². The van der Waals surface area contributed by atoms with Crippen molar-refractivity contribution in [1.29, 1.82) is 0 Å². The van der Waals surface area contributed by atoms with Crippen molar-refractivity contribution in [2.45, 2.75) is 19.8 Å². The largest absolute Gasteiger partial charge is 0.370 e. The number of primary amides is 1. The predicted octanol–water partition coefficient (Wildman–Crippen LogP) is 0.462. The third kappa shape index (κ3) is 3.30. The SMILES string of the molecule is CCNc1nc(NCCCC(N)=O)c2[nH]cnc2n1.